The van der Waals surface area contributed by atoms with Gasteiger partial charge < -0.3 is 15.5 Å². The summed E-state index contributed by atoms with van der Waals surface area (Å²) < 4.78 is 0. The SMILES string of the molecule is CCCC(C)NC(=O)CNC1CCN(C)C1. The summed E-state index contributed by atoms with van der Waals surface area (Å²) in [5.41, 5.74) is 0. The molecule has 1 saturated heterocycles. The number of amides is 1. The summed E-state index contributed by atoms with van der Waals surface area (Å²) in [4.78, 5) is 13.9. The van der Waals surface area contributed by atoms with Gasteiger partial charge in [-0.25, -0.2) is 0 Å². The van der Waals surface area contributed by atoms with Crippen LogP contribution in [0.2, 0.25) is 0 Å². The molecule has 0 saturated carbocycles. The average molecular weight is 227 g/mol. The van der Waals surface area contributed by atoms with Gasteiger partial charge in [0.1, 0.15) is 0 Å². The zero-order chi connectivity index (χ0) is 12.0. The molecule has 1 aliphatic heterocycles. The van der Waals surface area contributed by atoms with Crippen LogP contribution >= 0.6 is 0 Å². The van der Waals surface area contributed by atoms with Crippen molar-refractivity contribution < 1.29 is 4.79 Å². The minimum atomic E-state index is 0.121. The first kappa shape index (κ1) is 13.5. The largest absolute Gasteiger partial charge is 0.353 e. The predicted octanol–water partition coefficient (Wildman–Crippen LogP) is 0.585. The fourth-order valence-corrected chi connectivity index (χ4v) is 2.17. The number of nitrogens with zero attached hydrogens (tertiary/aromatic N) is 1. The van der Waals surface area contributed by atoms with Gasteiger partial charge in [-0.2, -0.15) is 0 Å². The van der Waals surface area contributed by atoms with Crippen LogP contribution in [0.25, 0.3) is 0 Å². The van der Waals surface area contributed by atoms with Gasteiger partial charge in [0.05, 0.1) is 6.54 Å². The van der Waals surface area contributed by atoms with Crippen LogP contribution in [0, 0.1) is 0 Å². The van der Waals surface area contributed by atoms with Crippen LogP contribution in [0.5, 0.6) is 0 Å². The molecule has 2 unspecified atom stereocenters. The van der Waals surface area contributed by atoms with E-state index >= 15 is 0 Å². The van der Waals surface area contributed by atoms with Crippen LogP contribution < -0.4 is 10.6 Å². The number of carbonyl (C=O) groups excluding carboxylic acids is 1. The minimum Gasteiger partial charge on any atom is -0.353 e. The highest BCUT2D eigenvalue weighted by molar-refractivity contribution is 5.78. The van der Waals surface area contributed by atoms with Gasteiger partial charge in [-0.3, -0.25) is 4.79 Å². The van der Waals surface area contributed by atoms with Crippen LogP contribution in [-0.4, -0.2) is 49.6 Å². The predicted molar refractivity (Wildman–Crippen MR) is 66.4 cm³/mol. The molecule has 0 aromatic heterocycles. The van der Waals surface area contributed by atoms with E-state index in [0.717, 1.165) is 32.4 Å². The highest BCUT2D eigenvalue weighted by atomic mass is 16.1. The van der Waals surface area contributed by atoms with Crippen molar-refractivity contribution in [2.75, 3.05) is 26.7 Å². The molecule has 1 heterocycles. The lowest BCUT2D eigenvalue weighted by atomic mass is 10.2. The van der Waals surface area contributed by atoms with Crippen molar-refractivity contribution in [2.45, 2.75) is 45.2 Å². The van der Waals surface area contributed by atoms with Crippen LogP contribution in [-0.2, 0) is 4.79 Å². The van der Waals surface area contributed by atoms with Crippen molar-refractivity contribution in [3.8, 4) is 0 Å². The smallest absolute Gasteiger partial charge is 0.234 e. The van der Waals surface area contributed by atoms with E-state index in [0.29, 0.717) is 18.6 Å². The molecule has 1 fully saturated rings. The molecule has 4 nitrogen and oxygen atoms in total. The minimum absolute atomic E-state index is 0.121. The molecule has 1 aliphatic rings. The fraction of sp³-hybridized carbons (Fsp3) is 0.917. The van der Waals surface area contributed by atoms with E-state index in [4.69, 9.17) is 0 Å². The maximum absolute atomic E-state index is 11.6. The van der Waals surface area contributed by atoms with E-state index in [9.17, 15) is 4.79 Å². The summed E-state index contributed by atoms with van der Waals surface area (Å²) in [6.07, 6.45) is 3.31. The Hall–Kier alpha value is -0.610. The maximum atomic E-state index is 11.6. The van der Waals surface area contributed by atoms with E-state index in [2.05, 4.69) is 36.4 Å². The highest BCUT2D eigenvalue weighted by Gasteiger charge is 2.19. The number of likely N-dealkylation sites (tertiary alicyclic amines) is 1. The summed E-state index contributed by atoms with van der Waals surface area (Å²) in [6, 6.07) is 0.780. The first-order valence-electron chi connectivity index (χ1n) is 6.33. The van der Waals surface area contributed by atoms with E-state index < -0.39 is 0 Å². The molecule has 2 atom stereocenters. The lowest BCUT2D eigenvalue weighted by molar-refractivity contribution is -0.121. The summed E-state index contributed by atoms with van der Waals surface area (Å²) in [7, 11) is 2.12. The Morgan fingerprint density at radius 2 is 2.31 bits per heavy atom. The first-order valence-corrected chi connectivity index (χ1v) is 6.33. The quantitative estimate of drug-likeness (QED) is 0.698. The molecular weight excluding hydrogens is 202 g/mol. The standard InChI is InChI=1S/C12H25N3O/c1-4-5-10(2)14-12(16)8-13-11-6-7-15(3)9-11/h10-11,13H,4-9H2,1-3H3,(H,14,16). The van der Waals surface area contributed by atoms with Crippen molar-refractivity contribution in [3.05, 3.63) is 0 Å². The number of carbonyl (C=O) groups is 1. The molecule has 0 bridgehead atoms. The summed E-state index contributed by atoms with van der Waals surface area (Å²) in [5.74, 6) is 0.121. The van der Waals surface area contributed by atoms with Gasteiger partial charge in [-0.1, -0.05) is 13.3 Å². The summed E-state index contributed by atoms with van der Waals surface area (Å²) in [5, 5.41) is 6.31. The monoisotopic (exact) mass is 227 g/mol. The maximum Gasteiger partial charge on any atom is 0.234 e. The van der Waals surface area contributed by atoms with E-state index in [1.165, 1.54) is 0 Å². The Balaban J connectivity index is 2.10. The number of hydrogen-bond acceptors (Lipinski definition) is 3. The number of likely N-dealkylation sites (N-methyl/N-ethyl adjacent to an activating group) is 1. The first-order chi connectivity index (χ1) is 7.61. The molecule has 0 radical (unpaired) electrons. The number of nitrogens with one attached hydrogen (secondary N) is 2. The summed E-state index contributed by atoms with van der Waals surface area (Å²) in [6.45, 7) is 6.83. The number of hydrogen-bond donors (Lipinski definition) is 2. The van der Waals surface area contributed by atoms with Gasteiger partial charge in [0.15, 0.2) is 0 Å². The van der Waals surface area contributed by atoms with E-state index in [1.54, 1.807) is 0 Å². The molecule has 1 rings (SSSR count). The molecule has 0 spiro atoms. The second kappa shape index (κ2) is 6.86. The van der Waals surface area contributed by atoms with Crippen LogP contribution in [0.4, 0.5) is 0 Å². The summed E-state index contributed by atoms with van der Waals surface area (Å²) >= 11 is 0. The average Bonchev–Trinajstić information content (AvgIpc) is 2.61. The third kappa shape index (κ3) is 4.94. The van der Waals surface area contributed by atoms with Crippen molar-refractivity contribution >= 4 is 5.91 Å². The topological polar surface area (TPSA) is 44.4 Å². The van der Waals surface area contributed by atoms with Crippen LogP contribution in [0.15, 0.2) is 0 Å². The lowest BCUT2D eigenvalue weighted by Crippen LogP contribution is -2.42. The third-order valence-electron chi connectivity index (χ3n) is 3.07. The van der Waals surface area contributed by atoms with E-state index in [-0.39, 0.29) is 5.91 Å². The second-order valence-corrected chi connectivity index (χ2v) is 4.89. The lowest BCUT2D eigenvalue weighted by Gasteiger charge is -2.15. The molecule has 0 aromatic rings. The molecular formula is C12H25N3O. The molecule has 0 aliphatic carbocycles. The molecule has 94 valence electrons. The zero-order valence-electron chi connectivity index (χ0n) is 10.8. The van der Waals surface area contributed by atoms with Crippen molar-refractivity contribution in [1.82, 2.24) is 15.5 Å². The Bertz CT molecular complexity index is 220. The Labute approximate surface area is 98.8 Å². The van der Waals surface area contributed by atoms with Gasteiger partial charge in [0.25, 0.3) is 0 Å². The van der Waals surface area contributed by atoms with Gasteiger partial charge >= 0.3 is 0 Å². The third-order valence-corrected chi connectivity index (χ3v) is 3.07. The van der Waals surface area contributed by atoms with Gasteiger partial charge in [-0.05, 0) is 33.4 Å². The Morgan fingerprint density at radius 1 is 1.56 bits per heavy atom. The number of rotatable bonds is 6. The van der Waals surface area contributed by atoms with Crippen LogP contribution in [0.1, 0.15) is 33.1 Å². The van der Waals surface area contributed by atoms with Crippen molar-refractivity contribution in [2.24, 2.45) is 0 Å². The molecule has 0 aromatic carbocycles. The van der Waals surface area contributed by atoms with Crippen LogP contribution in [0.3, 0.4) is 0 Å². The highest BCUT2D eigenvalue weighted by Crippen LogP contribution is 2.05. The Kier molecular flexibility index (Phi) is 5.77. The second-order valence-electron chi connectivity index (χ2n) is 4.89. The molecule has 16 heavy (non-hydrogen) atoms. The normalized spacial score (nSPS) is 23.3. The Morgan fingerprint density at radius 3 is 2.88 bits per heavy atom. The molecule has 4 heteroatoms. The van der Waals surface area contributed by atoms with Crippen molar-refractivity contribution in [1.29, 1.82) is 0 Å². The van der Waals surface area contributed by atoms with Gasteiger partial charge in [-0.15, -0.1) is 0 Å². The van der Waals surface area contributed by atoms with Gasteiger partial charge in [0.2, 0.25) is 5.91 Å². The van der Waals surface area contributed by atoms with Crippen molar-refractivity contribution in [3.63, 3.8) is 0 Å². The molecule has 2 N–H and O–H groups in total. The zero-order valence-corrected chi connectivity index (χ0v) is 10.8. The van der Waals surface area contributed by atoms with Gasteiger partial charge in [0, 0.05) is 18.6 Å². The van der Waals surface area contributed by atoms with E-state index in [1.807, 2.05) is 0 Å². The fourth-order valence-electron chi connectivity index (χ4n) is 2.17. The molecule has 1 amide bonds.